The fraction of sp³-hybridized carbons (Fsp3) is 0.421. The Kier molecular flexibility index (Phi) is 5.48. The van der Waals surface area contributed by atoms with Gasteiger partial charge in [0.2, 0.25) is 11.8 Å². The number of H-pyrrole nitrogens is 1. The Labute approximate surface area is 147 Å². The van der Waals surface area contributed by atoms with Crippen molar-refractivity contribution in [1.82, 2.24) is 20.4 Å². The van der Waals surface area contributed by atoms with Gasteiger partial charge in [-0.3, -0.25) is 14.7 Å². The standard InChI is InChI=1S/C19H24N4O2/c1-14-16(12-21-22-14)11-20-19(25)17-9-5-6-10-18(24)23(17)13-15-7-3-2-4-8-15/h2-4,7-8,12,17H,5-6,9-11,13H2,1H3,(H,20,25)(H,21,22). The highest BCUT2D eigenvalue weighted by Gasteiger charge is 2.31. The second kappa shape index (κ2) is 7.96. The predicted octanol–water partition coefficient (Wildman–Crippen LogP) is 2.31. The van der Waals surface area contributed by atoms with E-state index in [0.29, 0.717) is 25.9 Å². The Morgan fingerprint density at radius 1 is 1.32 bits per heavy atom. The highest BCUT2D eigenvalue weighted by atomic mass is 16.2. The van der Waals surface area contributed by atoms with Crippen molar-refractivity contribution in [3.05, 3.63) is 53.3 Å². The third-order valence-corrected chi connectivity index (χ3v) is 4.70. The zero-order valence-corrected chi connectivity index (χ0v) is 14.5. The molecule has 6 nitrogen and oxygen atoms in total. The van der Waals surface area contributed by atoms with Crippen molar-refractivity contribution in [2.24, 2.45) is 0 Å². The molecule has 0 saturated carbocycles. The first-order chi connectivity index (χ1) is 12.1. The van der Waals surface area contributed by atoms with Gasteiger partial charge in [0.1, 0.15) is 6.04 Å². The summed E-state index contributed by atoms with van der Waals surface area (Å²) in [5.41, 5.74) is 2.95. The van der Waals surface area contributed by atoms with Crippen molar-refractivity contribution in [1.29, 1.82) is 0 Å². The molecule has 1 saturated heterocycles. The second-order valence-corrected chi connectivity index (χ2v) is 6.51. The number of hydrogen-bond acceptors (Lipinski definition) is 3. The molecule has 2 N–H and O–H groups in total. The van der Waals surface area contributed by atoms with Crippen LogP contribution >= 0.6 is 0 Å². The smallest absolute Gasteiger partial charge is 0.243 e. The van der Waals surface area contributed by atoms with Crippen molar-refractivity contribution in [3.8, 4) is 0 Å². The van der Waals surface area contributed by atoms with Crippen molar-refractivity contribution in [2.45, 2.75) is 51.7 Å². The first-order valence-electron chi connectivity index (χ1n) is 8.75. The van der Waals surface area contributed by atoms with E-state index >= 15 is 0 Å². The molecule has 2 amide bonds. The van der Waals surface area contributed by atoms with Gasteiger partial charge in [0, 0.05) is 30.8 Å². The Bertz CT molecular complexity index is 726. The maximum atomic E-state index is 12.8. The average molecular weight is 340 g/mol. The first-order valence-corrected chi connectivity index (χ1v) is 8.75. The maximum absolute atomic E-state index is 12.8. The van der Waals surface area contributed by atoms with E-state index < -0.39 is 6.04 Å². The SMILES string of the molecule is Cc1[nH]ncc1CNC(=O)C1CCCCC(=O)N1Cc1ccccc1. The molecule has 1 fully saturated rings. The van der Waals surface area contributed by atoms with E-state index in [4.69, 9.17) is 0 Å². The largest absolute Gasteiger partial charge is 0.350 e. The van der Waals surface area contributed by atoms with Gasteiger partial charge < -0.3 is 10.2 Å². The summed E-state index contributed by atoms with van der Waals surface area (Å²) in [4.78, 5) is 27.1. The van der Waals surface area contributed by atoms with E-state index in [0.717, 1.165) is 29.7 Å². The highest BCUT2D eigenvalue weighted by molar-refractivity contribution is 5.88. The number of likely N-dealkylation sites (tertiary alicyclic amines) is 1. The fourth-order valence-electron chi connectivity index (χ4n) is 3.19. The molecular weight excluding hydrogens is 316 g/mol. The lowest BCUT2D eigenvalue weighted by molar-refractivity contribution is -0.140. The topological polar surface area (TPSA) is 78.1 Å². The number of aromatic nitrogens is 2. The monoisotopic (exact) mass is 340 g/mol. The fourth-order valence-corrected chi connectivity index (χ4v) is 3.19. The van der Waals surface area contributed by atoms with Gasteiger partial charge >= 0.3 is 0 Å². The molecule has 0 bridgehead atoms. The molecule has 0 spiro atoms. The zero-order chi connectivity index (χ0) is 17.6. The van der Waals surface area contributed by atoms with Gasteiger partial charge in [-0.15, -0.1) is 0 Å². The van der Waals surface area contributed by atoms with Gasteiger partial charge in [-0.2, -0.15) is 5.10 Å². The van der Waals surface area contributed by atoms with Crippen molar-refractivity contribution < 1.29 is 9.59 Å². The number of carbonyl (C=O) groups is 2. The lowest BCUT2D eigenvalue weighted by Gasteiger charge is -2.29. The summed E-state index contributed by atoms with van der Waals surface area (Å²) < 4.78 is 0. The lowest BCUT2D eigenvalue weighted by atomic mass is 10.1. The number of aryl methyl sites for hydroxylation is 1. The molecule has 2 aromatic rings. The Balaban J connectivity index is 1.71. The number of nitrogens with one attached hydrogen (secondary N) is 2. The van der Waals surface area contributed by atoms with Crippen molar-refractivity contribution in [2.75, 3.05) is 0 Å². The molecule has 2 heterocycles. The number of nitrogens with zero attached hydrogens (tertiary/aromatic N) is 2. The van der Waals surface area contributed by atoms with Crippen LogP contribution in [0.5, 0.6) is 0 Å². The molecule has 3 rings (SSSR count). The molecule has 1 aliphatic rings. The van der Waals surface area contributed by atoms with Crippen LogP contribution < -0.4 is 5.32 Å². The van der Waals surface area contributed by atoms with E-state index in [2.05, 4.69) is 15.5 Å². The van der Waals surface area contributed by atoms with Gasteiger partial charge in [0.05, 0.1) is 6.20 Å². The molecule has 6 heteroatoms. The Hall–Kier alpha value is -2.63. The van der Waals surface area contributed by atoms with Crippen LogP contribution in [0.2, 0.25) is 0 Å². The van der Waals surface area contributed by atoms with E-state index in [-0.39, 0.29) is 11.8 Å². The third kappa shape index (κ3) is 4.26. The van der Waals surface area contributed by atoms with E-state index in [1.165, 1.54) is 0 Å². The predicted molar refractivity (Wildman–Crippen MR) is 94.4 cm³/mol. The number of hydrogen-bond donors (Lipinski definition) is 2. The summed E-state index contributed by atoms with van der Waals surface area (Å²) in [7, 11) is 0. The van der Waals surface area contributed by atoms with E-state index in [9.17, 15) is 9.59 Å². The molecule has 25 heavy (non-hydrogen) atoms. The zero-order valence-electron chi connectivity index (χ0n) is 14.5. The van der Waals surface area contributed by atoms with Crippen LogP contribution in [0.1, 0.15) is 42.5 Å². The third-order valence-electron chi connectivity index (χ3n) is 4.70. The van der Waals surface area contributed by atoms with Crippen LogP contribution in [-0.2, 0) is 22.7 Å². The molecule has 1 aliphatic heterocycles. The minimum absolute atomic E-state index is 0.0565. The molecule has 1 unspecified atom stereocenters. The molecule has 132 valence electrons. The maximum Gasteiger partial charge on any atom is 0.243 e. The van der Waals surface area contributed by atoms with Crippen LogP contribution in [0.15, 0.2) is 36.5 Å². The van der Waals surface area contributed by atoms with Crippen molar-refractivity contribution in [3.63, 3.8) is 0 Å². The van der Waals surface area contributed by atoms with Crippen LogP contribution in [0.3, 0.4) is 0 Å². The first kappa shape index (κ1) is 17.2. The summed E-state index contributed by atoms with van der Waals surface area (Å²) in [6.45, 7) is 2.82. The van der Waals surface area contributed by atoms with E-state index in [1.54, 1.807) is 11.1 Å². The number of amides is 2. The van der Waals surface area contributed by atoms with Crippen LogP contribution in [0, 0.1) is 6.92 Å². The van der Waals surface area contributed by atoms with Gasteiger partial charge in [-0.25, -0.2) is 0 Å². The minimum atomic E-state index is -0.414. The quantitative estimate of drug-likeness (QED) is 0.877. The molecule has 1 atom stereocenters. The number of aromatic amines is 1. The Morgan fingerprint density at radius 2 is 2.12 bits per heavy atom. The summed E-state index contributed by atoms with van der Waals surface area (Å²) in [6, 6.07) is 9.42. The molecule has 1 aromatic carbocycles. The van der Waals surface area contributed by atoms with Crippen molar-refractivity contribution >= 4 is 11.8 Å². The molecule has 1 aromatic heterocycles. The van der Waals surface area contributed by atoms with Crippen LogP contribution in [-0.4, -0.2) is 33.0 Å². The Morgan fingerprint density at radius 3 is 2.84 bits per heavy atom. The summed E-state index contributed by atoms with van der Waals surface area (Å²) in [5, 5.41) is 9.80. The van der Waals surface area contributed by atoms with Gasteiger partial charge in [-0.05, 0) is 25.3 Å². The summed E-state index contributed by atoms with van der Waals surface area (Å²) >= 11 is 0. The van der Waals surface area contributed by atoms with Gasteiger partial charge in [0.15, 0.2) is 0 Å². The van der Waals surface area contributed by atoms with Crippen LogP contribution in [0.4, 0.5) is 0 Å². The average Bonchev–Trinajstić information content (AvgIpc) is 2.94. The number of rotatable bonds is 5. The second-order valence-electron chi connectivity index (χ2n) is 6.51. The molecule has 0 aliphatic carbocycles. The molecule has 0 radical (unpaired) electrons. The van der Waals surface area contributed by atoms with Gasteiger partial charge in [-0.1, -0.05) is 36.8 Å². The highest BCUT2D eigenvalue weighted by Crippen LogP contribution is 2.21. The summed E-state index contributed by atoms with van der Waals surface area (Å²) in [5.74, 6) is -0.0345. The van der Waals surface area contributed by atoms with Gasteiger partial charge in [0.25, 0.3) is 0 Å². The summed E-state index contributed by atoms with van der Waals surface area (Å²) in [6.07, 6.45) is 4.66. The van der Waals surface area contributed by atoms with Crippen LogP contribution in [0.25, 0.3) is 0 Å². The molecular formula is C19H24N4O2. The van der Waals surface area contributed by atoms with E-state index in [1.807, 2.05) is 37.3 Å². The minimum Gasteiger partial charge on any atom is -0.350 e. The normalized spacial score (nSPS) is 18.0. The number of benzene rings is 1. The lowest BCUT2D eigenvalue weighted by Crippen LogP contribution is -2.48. The number of carbonyl (C=O) groups excluding carboxylic acids is 2.